The summed E-state index contributed by atoms with van der Waals surface area (Å²) in [5.74, 6) is -3.78. The molecule has 9 heteroatoms. The quantitative estimate of drug-likeness (QED) is 0.631. The lowest BCUT2D eigenvalue weighted by molar-refractivity contribution is -0.144. The van der Waals surface area contributed by atoms with Gasteiger partial charge in [0, 0.05) is 24.7 Å². The number of hydrogen-bond acceptors (Lipinski definition) is 5. The minimum absolute atomic E-state index is 0.122. The fraction of sp³-hybridized carbons (Fsp3) is 0.680. The van der Waals surface area contributed by atoms with Crippen LogP contribution in [-0.2, 0) is 15.5 Å². The van der Waals surface area contributed by atoms with E-state index in [1.807, 2.05) is 0 Å². The van der Waals surface area contributed by atoms with Crippen molar-refractivity contribution in [2.45, 2.75) is 95.4 Å². The van der Waals surface area contributed by atoms with Gasteiger partial charge in [0.1, 0.15) is 11.4 Å². The Bertz CT molecular complexity index is 828. The third-order valence-corrected chi connectivity index (χ3v) is 6.28. The van der Waals surface area contributed by atoms with Crippen LogP contribution in [0.4, 0.5) is 13.6 Å². The highest BCUT2D eigenvalue weighted by atomic mass is 19.3. The summed E-state index contributed by atoms with van der Waals surface area (Å²) in [6.07, 6.45) is 5.86. The highest BCUT2D eigenvalue weighted by Crippen LogP contribution is 2.34. The number of nitrogens with two attached hydrogens (primary N) is 1. The summed E-state index contributed by atoms with van der Waals surface area (Å²) in [4.78, 5) is 26.0. The Hall–Kier alpha value is -2.42. The number of carbonyl (C=O) groups is 2. The van der Waals surface area contributed by atoms with E-state index in [0.717, 1.165) is 25.7 Å². The molecule has 1 aliphatic carbocycles. The second-order valence-electron chi connectivity index (χ2n) is 10.2. The standard InChI is InChI=1S/C25H37F2N3O4/c1-24(2,3)34-23(32)29-18-13-15-30(16-14-18)22(31)21(28)25(26,27)17-9-11-20(12-10-17)33-19-7-5-4-6-8-19/h9-12,18-19,21H,4-8,13-16,28H2,1-3H3,(H,29,32). The molecule has 0 radical (unpaired) electrons. The van der Waals surface area contributed by atoms with Crippen molar-refractivity contribution in [3.05, 3.63) is 29.8 Å². The number of likely N-dealkylation sites (tertiary alicyclic amines) is 1. The molecule has 0 spiro atoms. The molecule has 1 aromatic rings. The Balaban J connectivity index is 1.52. The molecule has 0 aromatic heterocycles. The van der Waals surface area contributed by atoms with Gasteiger partial charge in [-0.1, -0.05) is 6.42 Å². The second kappa shape index (κ2) is 10.9. The van der Waals surface area contributed by atoms with Crippen molar-refractivity contribution in [3.8, 4) is 5.75 Å². The van der Waals surface area contributed by atoms with Crippen molar-refractivity contribution in [3.63, 3.8) is 0 Å². The lowest BCUT2D eigenvalue weighted by Crippen LogP contribution is -2.55. The summed E-state index contributed by atoms with van der Waals surface area (Å²) >= 11 is 0. The van der Waals surface area contributed by atoms with Gasteiger partial charge in [-0.25, -0.2) is 4.79 Å². The number of piperidine rings is 1. The van der Waals surface area contributed by atoms with Crippen LogP contribution in [0.25, 0.3) is 0 Å². The SMILES string of the molecule is CC(C)(C)OC(=O)NC1CCN(C(=O)C(N)C(F)(F)c2ccc(OC3CCCCC3)cc2)CC1. The molecule has 1 aromatic carbocycles. The molecule has 34 heavy (non-hydrogen) atoms. The first kappa shape index (κ1) is 26.2. The van der Waals surface area contributed by atoms with Gasteiger partial charge in [0.25, 0.3) is 5.92 Å². The summed E-state index contributed by atoms with van der Waals surface area (Å²) in [5.41, 5.74) is 4.84. The average molecular weight is 482 g/mol. The van der Waals surface area contributed by atoms with Gasteiger partial charge in [-0.2, -0.15) is 8.78 Å². The number of alkyl carbamates (subject to hydrolysis) is 1. The van der Waals surface area contributed by atoms with E-state index < -0.39 is 29.6 Å². The van der Waals surface area contributed by atoms with Crippen LogP contribution in [0.5, 0.6) is 5.75 Å². The zero-order valence-corrected chi connectivity index (χ0v) is 20.3. The monoisotopic (exact) mass is 481 g/mol. The van der Waals surface area contributed by atoms with E-state index >= 15 is 8.78 Å². The molecular formula is C25H37F2N3O4. The second-order valence-corrected chi connectivity index (χ2v) is 10.2. The first-order chi connectivity index (χ1) is 16.0. The van der Waals surface area contributed by atoms with Crippen molar-refractivity contribution in [2.24, 2.45) is 5.73 Å². The lowest BCUT2D eigenvalue weighted by atomic mass is 9.97. The van der Waals surface area contributed by atoms with Crippen LogP contribution in [0.3, 0.4) is 0 Å². The van der Waals surface area contributed by atoms with Gasteiger partial charge in [-0.3, -0.25) is 4.79 Å². The molecule has 1 heterocycles. The van der Waals surface area contributed by atoms with Crippen molar-refractivity contribution < 1.29 is 27.8 Å². The topological polar surface area (TPSA) is 93.9 Å². The normalized spacial score (nSPS) is 19.4. The molecule has 3 rings (SSSR count). The molecule has 2 aliphatic rings. The number of nitrogens with one attached hydrogen (secondary N) is 1. The highest BCUT2D eigenvalue weighted by molar-refractivity contribution is 5.83. The Labute approximate surface area is 200 Å². The van der Waals surface area contributed by atoms with Gasteiger partial charge >= 0.3 is 6.09 Å². The minimum atomic E-state index is -3.52. The number of nitrogens with zero attached hydrogens (tertiary/aromatic N) is 1. The predicted molar refractivity (Wildman–Crippen MR) is 125 cm³/mol. The van der Waals surface area contributed by atoms with Crippen LogP contribution in [-0.4, -0.2) is 53.8 Å². The summed E-state index contributed by atoms with van der Waals surface area (Å²) in [5, 5.41) is 2.76. The summed E-state index contributed by atoms with van der Waals surface area (Å²) in [6.45, 7) is 5.78. The maximum atomic E-state index is 15.1. The third-order valence-electron chi connectivity index (χ3n) is 6.28. The lowest BCUT2D eigenvalue weighted by Gasteiger charge is -2.35. The number of carbonyl (C=O) groups excluding carboxylic acids is 2. The first-order valence-corrected chi connectivity index (χ1v) is 12.1. The Morgan fingerprint density at radius 1 is 1.03 bits per heavy atom. The Morgan fingerprint density at radius 2 is 1.62 bits per heavy atom. The molecule has 2 fully saturated rings. The van der Waals surface area contributed by atoms with Crippen LogP contribution in [0.2, 0.25) is 0 Å². The van der Waals surface area contributed by atoms with E-state index in [1.54, 1.807) is 20.8 Å². The number of hydrogen-bond donors (Lipinski definition) is 2. The van der Waals surface area contributed by atoms with Crippen LogP contribution >= 0.6 is 0 Å². The van der Waals surface area contributed by atoms with Crippen molar-refractivity contribution >= 4 is 12.0 Å². The zero-order valence-electron chi connectivity index (χ0n) is 20.3. The Morgan fingerprint density at radius 3 is 2.18 bits per heavy atom. The van der Waals surface area contributed by atoms with Crippen molar-refractivity contribution in [2.75, 3.05) is 13.1 Å². The highest BCUT2D eigenvalue weighted by Gasteiger charge is 2.45. The number of amides is 2. The minimum Gasteiger partial charge on any atom is -0.490 e. The Kier molecular flexibility index (Phi) is 8.38. The molecule has 1 unspecified atom stereocenters. The number of alkyl halides is 2. The molecule has 1 saturated carbocycles. The molecule has 0 bridgehead atoms. The fourth-order valence-electron chi connectivity index (χ4n) is 4.38. The van der Waals surface area contributed by atoms with E-state index in [1.165, 1.54) is 35.6 Å². The molecule has 1 saturated heterocycles. The maximum Gasteiger partial charge on any atom is 0.407 e. The zero-order chi connectivity index (χ0) is 24.9. The number of rotatable bonds is 6. The van der Waals surface area contributed by atoms with E-state index in [4.69, 9.17) is 15.2 Å². The average Bonchev–Trinajstić information content (AvgIpc) is 2.78. The third kappa shape index (κ3) is 7.04. The van der Waals surface area contributed by atoms with Gasteiger partial charge in [0.05, 0.1) is 6.10 Å². The van der Waals surface area contributed by atoms with Crippen molar-refractivity contribution in [1.82, 2.24) is 10.2 Å². The summed E-state index contributed by atoms with van der Waals surface area (Å²) in [7, 11) is 0. The maximum absolute atomic E-state index is 15.1. The molecule has 190 valence electrons. The number of halogens is 2. The largest absolute Gasteiger partial charge is 0.490 e. The first-order valence-electron chi connectivity index (χ1n) is 12.1. The van der Waals surface area contributed by atoms with Crippen LogP contribution in [0.15, 0.2) is 24.3 Å². The van der Waals surface area contributed by atoms with Crippen LogP contribution in [0.1, 0.15) is 71.3 Å². The summed E-state index contributed by atoms with van der Waals surface area (Å²) < 4.78 is 41.3. The van der Waals surface area contributed by atoms with Crippen LogP contribution < -0.4 is 15.8 Å². The molecule has 1 aliphatic heterocycles. The molecule has 2 amide bonds. The van der Waals surface area contributed by atoms with Gasteiger partial charge in [-0.05, 0) is 83.6 Å². The number of ether oxygens (including phenoxy) is 2. The number of benzene rings is 1. The molecule has 1 atom stereocenters. The molecular weight excluding hydrogens is 444 g/mol. The van der Waals surface area contributed by atoms with E-state index in [0.29, 0.717) is 18.6 Å². The van der Waals surface area contributed by atoms with Gasteiger partial charge in [0.2, 0.25) is 5.91 Å². The van der Waals surface area contributed by atoms with Crippen molar-refractivity contribution in [1.29, 1.82) is 0 Å². The van der Waals surface area contributed by atoms with E-state index in [2.05, 4.69) is 5.32 Å². The molecule has 7 nitrogen and oxygen atoms in total. The molecule has 3 N–H and O–H groups in total. The van der Waals surface area contributed by atoms with Gasteiger partial charge in [0.15, 0.2) is 6.04 Å². The van der Waals surface area contributed by atoms with Gasteiger partial charge < -0.3 is 25.4 Å². The van der Waals surface area contributed by atoms with Gasteiger partial charge in [-0.15, -0.1) is 0 Å². The smallest absolute Gasteiger partial charge is 0.407 e. The summed E-state index contributed by atoms with van der Waals surface area (Å²) in [6, 6.07) is 3.41. The van der Waals surface area contributed by atoms with Crippen LogP contribution in [0, 0.1) is 0 Å². The van der Waals surface area contributed by atoms with E-state index in [9.17, 15) is 9.59 Å². The fourth-order valence-corrected chi connectivity index (χ4v) is 4.38. The predicted octanol–water partition coefficient (Wildman–Crippen LogP) is 4.33. The van der Waals surface area contributed by atoms with E-state index in [-0.39, 0.29) is 30.8 Å².